The van der Waals surface area contributed by atoms with Crippen molar-refractivity contribution in [3.63, 3.8) is 0 Å². The number of rotatable bonds is 1. The molecule has 74 valence electrons. The summed E-state index contributed by atoms with van der Waals surface area (Å²) in [6.45, 7) is 2.96. The van der Waals surface area contributed by atoms with Crippen LogP contribution >= 0.6 is 0 Å². The van der Waals surface area contributed by atoms with Crippen LogP contribution in [0.15, 0.2) is 24.3 Å². The zero-order valence-corrected chi connectivity index (χ0v) is 8.66. The maximum atomic E-state index is 11.8. The Balaban J connectivity index is 2.33. The molecule has 1 aromatic carbocycles. The average Bonchev–Trinajstić information content (AvgIpc) is 2.49. The molecule has 1 amide bonds. The van der Waals surface area contributed by atoms with Crippen molar-refractivity contribution < 1.29 is 4.79 Å². The van der Waals surface area contributed by atoms with Crippen LogP contribution in [-0.2, 0) is 4.79 Å². The molecule has 1 aromatic rings. The molecule has 1 heterocycles. The predicted octanol–water partition coefficient (Wildman–Crippen LogP) is 1.94. The largest absolute Gasteiger partial charge is 0.345 e. The van der Waals surface area contributed by atoms with Crippen molar-refractivity contribution in [2.75, 3.05) is 13.6 Å². The molecule has 0 aromatic heterocycles. The molecule has 0 saturated carbocycles. The van der Waals surface area contributed by atoms with Crippen LogP contribution in [0.2, 0.25) is 0 Å². The number of hydrogen-bond acceptors (Lipinski definition) is 1. The second-order valence-electron chi connectivity index (χ2n) is 3.96. The Hall–Kier alpha value is -1.31. The molecule has 2 rings (SSSR count). The molecular weight excluding hydrogens is 174 g/mol. The summed E-state index contributed by atoms with van der Waals surface area (Å²) in [5, 5.41) is 0. The minimum atomic E-state index is 0.0983. The van der Waals surface area contributed by atoms with Crippen LogP contribution in [0, 0.1) is 6.92 Å². The number of hydrogen-bond donors (Lipinski definition) is 0. The predicted molar refractivity (Wildman–Crippen MR) is 56.2 cm³/mol. The van der Waals surface area contributed by atoms with Crippen LogP contribution in [0.5, 0.6) is 0 Å². The van der Waals surface area contributed by atoms with E-state index in [1.165, 1.54) is 11.1 Å². The van der Waals surface area contributed by atoms with Gasteiger partial charge in [0.05, 0.1) is 5.92 Å². The minimum Gasteiger partial charge on any atom is -0.345 e. The fourth-order valence-corrected chi connectivity index (χ4v) is 2.09. The number of carbonyl (C=O) groups is 1. The highest BCUT2D eigenvalue weighted by atomic mass is 16.2. The molecule has 14 heavy (non-hydrogen) atoms. The number of amides is 1. The van der Waals surface area contributed by atoms with E-state index in [-0.39, 0.29) is 11.8 Å². The van der Waals surface area contributed by atoms with E-state index in [0.29, 0.717) is 0 Å². The molecular formula is C12H15NO. The maximum Gasteiger partial charge on any atom is 0.229 e. The van der Waals surface area contributed by atoms with Crippen molar-refractivity contribution in [2.45, 2.75) is 19.3 Å². The van der Waals surface area contributed by atoms with Gasteiger partial charge in [-0.05, 0) is 24.5 Å². The van der Waals surface area contributed by atoms with Gasteiger partial charge in [0.1, 0.15) is 0 Å². The van der Waals surface area contributed by atoms with Crippen molar-refractivity contribution in [1.29, 1.82) is 0 Å². The summed E-state index contributed by atoms with van der Waals surface area (Å²) in [6, 6.07) is 8.16. The van der Waals surface area contributed by atoms with Gasteiger partial charge >= 0.3 is 0 Å². The molecule has 1 fully saturated rings. The van der Waals surface area contributed by atoms with E-state index in [9.17, 15) is 4.79 Å². The van der Waals surface area contributed by atoms with Crippen molar-refractivity contribution >= 4 is 5.91 Å². The van der Waals surface area contributed by atoms with Gasteiger partial charge in [-0.15, -0.1) is 0 Å². The monoisotopic (exact) mass is 189 g/mol. The summed E-state index contributed by atoms with van der Waals surface area (Å²) in [4.78, 5) is 13.6. The summed E-state index contributed by atoms with van der Waals surface area (Å²) in [7, 11) is 1.88. The van der Waals surface area contributed by atoms with Crippen molar-refractivity contribution in [2.24, 2.45) is 0 Å². The van der Waals surface area contributed by atoms with Crippen LogP contribution in [0.25, 0.3) is 0 Å². The Morgan fingerprint density at radius 2 is 2.07 bits per heavy atom. The Morgan fingerprint density at radius 3 is 2.64 bits per heavy atom. The van der Waals surface area contributed by atoms with Crippen LogP contribution in [0.3, 0.4) is 0 Å². The van der Waals surface area contributed by atoms with E-state index in [2.05, 4.69) is 19.1 Å². The van der Waals surface area contributed by atoms with Gasteiger partial charge in [0.2, 0.25) is 5.91 Å². The first-order valence-corrected chi connectivity index (χ1v) is 5.00. The molecule has 1 atom stereocenters. The first kappa shape index (κ1) is 9.25. The summed E-state index contributed by atoms with van der Waals surface area (Å²) >= 11 is 0. The van der Waals surface area contributed by atoms with Gasteiger partial charge in [-0.2, -0.15) is 0 Å². The average molecular weight is 189 g/mol. The van der Waals surface area contributed by atoms with E-state index >= 15 is 0 Å². The highest BCUT2D eigenvalue weighted by molar-refractivity contribution is 5.85. The summed E-state index contributed by atoms with van der Waals surface area (Å²) in [5.41, 5.74) is 2.42. The number of likely N-dealkylation sites (tertiary alicyclic amines) is 1. The van der Waals surface area contributed by atoms with E-state index in [0.717, 1.165) is 13.0 Å². The molecule has 2 nitrogen and oxygen atoms in total. The zero-order chi connectivity index (χ0) is 10.1. The third kappa shape index (κ3) is 1.41. The molecule has 1 unspecified atom stereocenters. The molecule has 0 N–H and O–H groups in total. The fraction of sp³-hybridized carbons (Fsp3) is 0.417. The molecule has 0 aliphatic carbocycles. The Kier molecular flexibility index (Phi) is 2.28. The van der Waals surface area contributed by atoms with E-state index in [1.54, 1.807) is 0 Å². The Bertz CT molecular complexity index is 359. The van der Waals surface area contributed by atoms with Crippen LogP contribution in [0.1, 0.15) is 23.5 Å². The topological polar surface area (TPSA) is 20.3 Å². The van der Waals surface area contributed by atoms with E-state index in [1.807, 2.05) is 24.1 Å². The SMILES string of the molecule is Cc1ccccc1C1CCN(C)C1=O. The van der Waals surface area contributed by atoms with Crippen LogP contribution in [-0.4, -0.2) is 24.4 Å². The van der Waals surface area contributed by atoms with Crippen LogP contribution < -0.4 is 0 Å². The van der Waals surface area contributed by atoms with Gasteiger partial charge in [0.25, 0.3) is 0 Å². The molecule has 1 saturated heterocycles. The summed E-state index contributed by atoms with van der Waals surface area (Å²) in [6.07, 6.45) is 0.959. The standard InChI is InChI=1S/C12H15NO/c1-9-5-3-4-6-10(9)11-7-8-13(2)12(11)14/h3-6,11H,7-8H2,1-2H3. The summed E-state index contributed by atoms with van der Waals surface area (Å²) in [5.74, 6) is 0.362. The molecule has 0 spiro atoms. The van der Waals surface area contributed by atoms with Crippen molar-refractivity contribution in [1.82, 2.24) is 4.90 Å². The number of likely N-dealkylation sites (N-methyl/N-ethyl adjacent to an activating group) is 1. The summed E-state index contributed by atoms with van der Waals surface area (Å²) < 4.78 is 0. The molecule has 0 bridgehead atoms. The smallest absolute Gasteiger partial charge is 0.229 e. The van der Waals surface area contributed by atoms with Crippen LogP contribution in [0.4, 0.5) is 0 Å². The highest BCUT2D eigenvalue weighted by Crippen LogP contribution is 2.29. The third-order valence-corrected chi connectivity index (χ3v) is 2.99. The first-order chi connectivity index (χ1) is 6.70. The molecule has 0 radical (unpaired) electrons. The lowest BCUT2D eigenvalue weighted by molar-refractivity contribution is -0.127. The lowest BCUT2D eigenvalue weighted by Gasteiger charge is -2.12. The lowest BCUT2D eigenvalue weighted by Crippen LogP contribution is -2.21. The number of aryl methyl sites for hydroxylation is 1. The molecule has 1 aliphatic rings. The van der Waals surface area contributed by atoms with Gasteiger partial charge in [-0.25, -0.2) is 0 Å². The first-order valence-electron chi connectivity index (χ1n) is 5.00. The van der Waals surface area contributed by atoms with E-state index < -0.39 is 0 Å². The third-order valence-electron chi connectivity index (χ3n) is 2.99. The van der Waals surface area contributed by atoms with Gasteiger partial charge in [-0.3, -0.25) is 4.79 Å². The van der Waals surface area contributed by atoms with Gasteiger partial charge in [0, 0.05) is 13.6 Å². The van der Waals surface area contributed by atoms with Gasteiger partial charge in [-0.1, -0.05) is 24.3 Å². The Labute approximate surface area is 84.5 Å². The highest BCUT2D eigenvalue weighted by Gasteiger charge is 2.30. The quantitative estimate of drug-likeness (QED) is 0.661. The van der Waals surface area contributed by atoms with Crippen molar-refractivity contribution in [3.05, 3.63) is 35.4 Å². The Morgan fingerprint density at radius 1 is 1.36 bits per heavy atom. The molecule has 1 aliphatic heterocycles. The second kappa shape index (κ2) is 3.45. The van der Waals surface area contributed by atoms with Crippen molar-refractivity contribution in [3.8, 4) is 0 Å². The lowest BCUT2D eigenvalue weighted by atomic mass is 9.94. The second-order valence-corrected chi connectivity index (χ2v) is 3.96. The normalized spacial score (nSPS) is 21.7. The zero-order valence-electron chi connectivity index (χ0n) is 8.66. The number of nitrogens with zero attached hydrogens (tertiary/aromatic N) is 1. The minimum absolute atomic E-state index is 0.0983. The van der Waals surface area contributed by atoms with Gasteiger partial charge < -0.3 is 4.90 Å². The number of benzene rings is 1. The maximum absolute atomic E-state index is 11.8. The van der Waals surface area contributed by atoms with E-state index in [4.69, 9.17) is 0 Å². The fourth-order valence-electron chi connectivity index (χ4n) is 2.09. The number of carbonyl (C=O) groups excluding carboxylic acids is 1. The molecule has 2 heteroatoms. The van der Waals surface area contributed by atoms with Gasteiger partial charge in [0.15, 0.2) is 0 Å².